The summed E-state index contributed by atoms with van der Waals surface area (Å²) in [5, 5.41) is 9.70. The number of benzene rings is 1. The van der Waals surface area contributed by atoms with Crippen molar-refractivity contribution in [2.24, 2.45) is 4.99 Å². The zero-order chi connectivity index (χ0) is 18.2. The molecular formula is C20H31N5O. The molecule has 142 valence electrons. The van der Waals surface area contributed by atoms with Crippen molar-refractivity contribution < 1.29 is 4.79 Å². The molecule has 1 atom stereocenters. The van der Waals surface area contributed by atoms with Gasteiger partial charge in [-0.15, -0.1) is 0 Å². The number of amides is 1. The molecule has 1 saturated heterocycles. The maximum absolute atomic E-state index is 12.0. The zero-order valence-corrected chi connectivity index (χ0v) is 15.8. The molecule has 0 bridgehead atoms. The molecule has 2 heterocycles. The van der Waals surface area contributed by atoms with Crippen LogP contribution in [0, 0.1) is 0 Å². The highest BCUT2D eigenvalue weighted by atomic mass is 16.1. The van der Waals surface area contributed by atoms with Gasteiger partial charge in [-0.1, -0.05) is 24.6 Å². The zero-order valence-electron chi connectivity index (χ0n) is 15.8. The van der Waals surface area contributed by atoms with E-state index in [1.165, 1.54) is 37.9 Å². The quantitative estimate of drug-likeness (QED) is 0.539. The minimum absolute atomic E-state index is 0.0759. The molecule has 1 aromatic rings. The Morgan fingerprint density at radius 1 is 1.23 bits per heavy atom. The fourth-order valence-corrected chi connectivity index (χ4v) is 3.72. The summed E-state index contributed by atoms with van der Waals surface area (Å²) in [5.74, 6) is 1.05. The molecule has 6 heteroatoms. The molecule has 2 aliphatic rings. The number of guanidine groups is 1. The summed E-state index contributed by atoms with van der Waals surface area (Å²) in [7, 11) is 0. The Kier molecular flexibility index (Phi) is 6.89. The van der Waals surface area contributed by atoms with Crippen LogP contribution in [0.4, 0.5) is 5.69 Å². The van der Waals surface area contributed by atoms with Gasteiger partial charge in [-0.25, -0.2) is 0 Å². The maximum atomic E-state index is 12.0. The lowest BCUT2D eigenvalue weighted by Crippen LogP contribution is -2.43. The van der Waals surface area contributed by atoms with Crippen LogP contribution in [0.3, 0.4) is 0 Å². The number of aliphatic imine (C=N–C) groups is 1. The van der Waals surface area contributed by atoms with E-state index in [1.54, 1.807) is 0 Å². The first-order valence-corrected chi connectivity index (χ1v) is 9.89. The van der Waals surface area contributed by atoms with Crippen molar-refractivity contribution in [1.29, 1.82) is 0 Å². The number of para-hydroxylation sites is 1. The van der Waals surface area contributed by atoms with Crippen LogP contribution in [-0.4, -0.2) is 56.0 Å². The molecule has 2 aliphatic heterocycles. The van der Waals surface area contributed by atoms with Crippen molar-refractivity contribution in [3.63, 3.8) is 0 Å². The molecule has 1 aromatic carbocycles. The van der Waals surface area contributed by atoms with Crippen molar-refractivity contribution in [3.05, 3.63) is 29.8 Å². The second-order valence-corrected chi connectivity index (χ2v) is 7.09. The average Bonchev–Trinajstić information content (AvgIpc) is 2.66. The Labute approximate surface area is 156 Å². The minimum Gasteiger partial charge on any atom is -0.357 e. The summed E-state index contributed by atoms with van der Waals surface area (Å²) in [4.78, 5) is 19.2. The molecule has 0 saturated carbocycles. The van der Waals surface area contributed by atoms with E-state index in [0.29, 0.717) is 13.0 Å². The second kappa shape index (κ2) is 9.57. The van der Waals surface area contributed by atoms with E-state index in [2.05, 4.69) is 33.8 Å². The van der Waals surface area contributed by atoms with E-state index >= 15 is 0 Å². The number of fused-ring (bicyclic) bond motifs is 1. The Hall–Kier alpha value is -2.08. The van der Waals surface area contributed by atoms with Gasteiger partial charge in [0.2, 0.25) is 5.91 Å². The van der Waals surface area contributed by atoms with E-state index in [1.807, 2.05) is 18.2 Å². The summed E-state index contributed by atoms with van der Waals surface area (Å²) < 4.78 is 0. The highest BCUT2D eigenvalue weighted by Gasteiger charge is 2.24. The monoisotopic (exact) mass is 357 g/mol. The normalized spacial score (nSPS) is 21.0. The Morgan fingerprint density at radius 3 is 2.85 bits per heavy atom. The van der Waals surface area contributed by atoms with Gasteiger partial charge in [0.25, 0.3) is 0 Å². The first kappa shape index (κ1) is 18.7. The van der Waals surface area contributed by atoms with Crippen LogP contribution < -0.4 is 16.0 Å². The van der Waals surface area contributed by atoms with Crippen LogP contribution >= 0.6 is 0 Å². The topological polar surface area (TPSA) is 68.8 Å². The predicted octanol–water partition coefficient (Wildman–Crippen LogP) is 2.15. The third-order valence-corrected chi connectivity index (χ3v) is 5.09. The smallest absolute Gasteiger partial charge is 0.225 e. The lowest BCUT2D eigenvalue weighted by atomic mass is 9.91. The van der Waals surface area contributed by atoms with Crippen LogP contribution in [0.25, 0.3) is 0 Å². The lowest BCUT2D eigenvalue weighted by molar-refractivity contribution is -0.116. The minimum atomic E-state index is 0.0759. The van der Waals surface area contributed by atoms with Gasteiger partial charge in [-0.2, -0.15) is 0 Å². The standard InChI is InChI=1S/C20H31N5O/c1-2-21-20(22-10-13-25-11-6-3-7-12-25)23-15-16-14-19(26)24-18-9-5-4-8-17(16)18/h4-5,8-9,16H,2-3,6-7,10-15H2,1H3,(H,24,26)(H2,21,22,23). The van der Waals surface area contributed by atoms with Gasteiger partial charge in [-0.05, 0) is 44.5 Å². The molecule has 26 heavy (non-hydrogen) atoms. The molecule has 0 radical (unpaired) electrons. The van der Waals surface area contributed by atoms with E-state index in [9.17, 15) is 4.79 Å². The van der Waals surface area contributed by atoms with Crippen LogP contribution in [-0.2, 0) is 4.79 Å². The Balaban J connectivity index is 1.56. The van der Waals surface area contributed by atoms with Crippen LogP contribution in [0.2, 0.25) is 0 Å². The Morgan fingerprint density at radius 2 is 2.04 bits per heavy atom. The molecule has 1 amide bonds. The fraction of sp³-hybridized carbons (Fsp3) is 0.600. The third-order valence-electron chi connectivity index (χ3n) is 5.09. The SMILES string of the molecule is CCNC(=NCC1CC(=O)Nc2ccccc21)NCCN1CCCCC1. The highest BCUT2D eigenvalue weighted by molar-refractivity contribution is 5.94. The fourth-order valence-electron chi connectivity index (χ4n) is 3.72. The molecule has 6 nitrogen and oxygen atoms in total. The first-order chi connectivity index (χ1) is 12.8. The third kappa shape index (κ3) is 5.21. The lowest BCUT2D eigenvalue weighted by Gasteiger charge is -2.27. The number of hydrogen-bond donors (Lipinski definition) is 3. The average molecular weight is 358 g/mol. The summed E-state index contributed by atoms with van der Waals surface area (Å²) in [6.07, 6.45) is 4.49. The molecular weight excluding hydrogens is 326 g/mol. The Bertz CT molecular complexity index is 624. The van der Waals surface area contributed by atoms with Gasteiger partial charge in [-0.3, -0.25) is 9.79 Å². The summed E-state index contributed by atoms with van der Waals surface area (Å²) in [6, 6.07) is 8.03. The van der Waals surface area contributed by atoms with Crippen LogP contribution in [0.1, 0.15) is 44.1 Å². The number of carbonyl (C=O) groups excluding carboxylic acids is 1. The maximum Gasteiger partial charge on any atom is 0.225 e. The van der Waals surface area contributed by atoms with Gasteiger partial charge in [0, 0.05) is 37.7 Å². The number of nitrogens with one attached hydrogen (secondary N) is 3. The van der Waals surface area contributed by atoms with Gasteiger partial charge >= 0.3 is 0 Å². The summed E-state index contributed by atoms with van der Waals surface area (Å²) in [5.41, 5.74) is 2.10. The number of likely N-dealkylation sites (tertiary alicyclic amines) is 1. The molecule has 3 rings (SSSR count). The number of carbonyl (C=O) groups is 1. The van der Waals surface area contributed by atoms with Crippen molar-refractivity contribution in [1.82, 2.24) is 15.5 Å². The van der Waals surface area contributed by atoms with Crippen molar-refractivity contribution in [2.75, 3.05) is 44.6 Å². The molecule has 0 aliphatic carbocycles. The van der Waals surface area contributed by atoms with Gasteiger partial charge < -0.3 is 20.9 Å². The van der Waals surface area contributed by atoms with Crippen LogP contribution in [0.5, 0.6) is 0 Å². The number of nitrogens with zero attached hydrogens (tertiary/aromatic N) is 2. The molecule has 1 unspecified atom stereocenters. The van der Waals surface area contributed by atoms with Crippen molar-refractivity contribution in [2.45, 2.75) is 38.5 Å². The van der Waals surface area contributed by atoms with Gasteiger partial charge in [0.05, 0.1) is 6.54 Å². The molecule has 0 aromatic heterocycles. The van der Waals surface area contributed by atoms with E-state index in [-0.39, 0.29) is 11.8 Å². The number of piperidine rings is 1. The summed E-state index contributed by atoms with van der Waals surface area (Å²) in [6.45, 7) is 7.89. The second-order valence-electron chi connectivity index (χ2n) is 7.09. The number of hydrogen-bond acceptors (Lipinski definition) is 3. The van der Waals surface area contributed by atoms with E-state index in [4.69, 9.17) is 4.99 Å². The number of anilines is 1. The number of rotatable bonds is 6. The molecule has 0 spiro atoms. The predicted molar refractivity (Wildman–Crippen MR) is 107 cm³/mol. The van der Waals surface area contributed by atoms with Crippen molar-refractivity contribution in [3.8, 4) is 0 Å². The van der Waals surface area contributed by atoms with E-state index < -0.39 is 0 Å². The molecule has 1 fully saturated rings. The molecule has 3 N–H and O–H groups in total. The van der Waals surface area contributed by atoms with Crippen molar-refractivity contribution >= 4 is 17.6 Å². The summed E-state index contributed by atoms with van der Waals surface area (Å²) >= 11 is 0. The van der Waals surface area contributed by atoms with Crippen LogP contribution in [0.15, 0.2) is 29.3 Å². The van der Waals surface area contributed by atoms with Gasteiger partial charge in [0.1, 0.15) is 0 Å². The largest absolute Gasteiger partial charge is 0.357 e. The van der Waals surface area contributed by atoms with Gasteiger partial charge in [0.15, 0.2) is 5.96 Å². The highest BCUT2D eigenvalue weighted by Crippen LogP contribution is 2.31. The van der Waals surface area contributed by atoms with E-state index in [0.717, 1.165) is 31.3 Å². The first-order valence-electron chi connectivity index (χ1n) is 9.89.